The Morgan fingerprint density at radius 2 is 2.10 bits per heavy atom. The van der Waals surface area contributed by atoms with E-state index < -0.39 is 5.91 Å². The molecule has 0 fully saturated rings. The summed E-state index contributed by atoms with van der Waals surface area (Å²) in [6, 6.07) is 7.13. The van der Waals surface area contributed by atoms with Crippen LogP contribution in [0.4, 0.5) is 0 Å². The molecule has 6 heteroatoms. The second kappa shape index (κ2) is 8.56. The molecule has 1 aromatic carbocycles. The third-order valence-corrected chi connectivity index (χ3v) is 2.25. The zero-order valence-electron chi connectivity index (χ0n) is 11.2. The van der Waals surface area contributed by atoms with E-state index in [1.165, 1.54) is 6.92 Å². The second-order valence-corrected chi connectivity index (χ2v) is 3.89. The van der Waals surface area contributed by atoms with E-state index in [1.807, 2.05) is 11.5 Å². The molecule has 0 aliphatic heterocycles. The lowest BCUT2D eigenvalue weighted by atomic mass is 10.2. The molecule has 20 heavy (non-hydrogen) atoms. The van der Waals surface area contributed by atoms with Gasteiger partial charge in [0, 0.05) is 19.9 Å². The molecule has 0 saturated heterocycles. The third kappa shape index (κ3) is 5.89. The van der Waals surface area contributed by atoms with Gasteiger partial charge in [-0.2, -0.15) is 0 Å². The molecule has 4 N–H and O–H groups in total. The van der Waals surface area contributed by atoms with E-state index in [0.29, 0.717) is 24.3 Å². The zero-order valence-corrected chi connectivity index (χ0v) is 11.2. The molecule has 0 aromatic heterocycles. The van der Waals surface area contributed by atoms with Gasteiger partial charge in [0.15, 0.2) is 6.61 Å². The summed E-state index contributed by atoms with van der Waals surface area (Å²) in [5.41, 5.74) is 2.67. The average Bonchev–Trinajstić information content (AvgIpc) is 2.45. The molecule has 2 amide bonds. The Morgan fingerprint density at radius 1 is 1.35 bits per heavy atom. The molecule has 0 unspecified atom stereocenters. The van der Waals surface area contributed by atoms with Gasteiger partial charge < -0.3 is 10.1 Å². The van der Waals surface area contributed by atoms with Gasteiger partial charge in [-0.15, -0.1) is 0 Å². The molecule has 1 aromatic rings. The lowest BCUT2D eigenvalue weighted by Gasteiger charge is -2.06. The maximum Gasteiger partial charge on any atom is 0.271 e. The third-order valence-electron chi connectivity index (χ3n) is 2.25. The molecular formula is C14H17N3O3. The highest BCUT2D eigenvalue weighted by Gasteiger charge is 2.03. The van der Waals surface area contributed by atoms with Crippen LogP contribution in [-0.2, 0) is 9.59 Å². The zero-order chi connectivity index (χ0) is 14.8. The van der Waals surface area contributed by atoms with Crippen LogP contribution in [0.3, 0.4) is 0 Å². The van der Waals surface area contributed by atoms with Crippen molar-refractivity contribution < 1.29 is 14.3 Å². The summed E-state index contributed by atoms with van der Waals surface area (Å²) in [5.74, 6) is 10.9. The normalized spacial score (nSPS) is 9.10. The molecule has 0 atom stereocenters. The predicted octanol–water partition coefficient (Wildman–Crippen LogP) is -0.0670. The highest BCUT2D eigenvalue weighted by molar-refractivity contribution is 5.76. The van der Waals surface area contributed by atoms with E-state index in [-0.39, 0.29) is 12.5 Å². The van der Waals surface area contributed by atoms with Crippen LogP contribution in [0.25, 0.3) is 0 Å². The fourth-order valence-corrected chi connectivity index (χ4v) is 1.34. The number of carbonyl (C=O) groups is 2. The number of amides is 2. The largest absolute Gasteiger partial charge is 0.482 e. The smallest absolute Gasteiger partial charge is 0.271 e. The van der Waals surface area contributed by atoms with Crippen LogP contribution < -0.4 is 21.3 Å². The van der Waals surface area contributed by atoms with Crippen LogP contribution in [0.5, 0.6) is 5.75 Å². The first kappa shape index (κ1) is 15.5. The van der Waals surface area contributed by atoms with Crippen molar-refractivity contribution >= 4 is 11.8 Å². The monoisotopic (exact) mass is 275 g/mol. The van der Waals surface area contributed by atoms with Crippen molar-refractivity contribution in [3.63, 3.8) is 0 Å². The number of hydrogen-bond acceptors (Lipinski definition) is 4. The van der Waals surface area contributed by atoms with Crippen LogP contribution in [0, 0.1) is 11.8 Å². The number of ether oxygens (including phenoxy) is 1. The SMILES string of the molecule is CC(=O)NCCC#Cc1ccccc1OCC(=O)NN. The minimum Gasteiger partial charge on any atom is -0.482 e. The van der Waals surface area contributed by atoms with Gasteiger partial charge in [-0.1, -0.05) is 24.0 Å². The molecule has 0 heterocycles. The van der Waals surface area contributed by atoms with Crippen LogP contribution in [0.2, 0.25) is 0 Å². The molecule has 0 radical (unpaired) electrons. The Bertz CT molecular complexity index is 532. The van der Waals surface area contributed by atoms with Crippen LogP contribution >= 0.6 is 0 Å². The van der Waals surface area contributed by atoms with E-state index in [0.717, 1.165) is 0 Å². The van der Waals surface area contributed by atoms with Crippen LogP contribution in [0.15, 0.2) is 24.3 Å². The molecule has 0 bridgehead atoms. The Morgan fingerprint density at radius 3 is 2.80 bits per heavy atom. The van der Waals surface area contributed by atoms with Crippen molar-refractivity contribution in [1.29, 1.82) is 0 Å². The van der Waals surface area contributed by atoms with Crippen molar-refractivity contribution in [1.82, 2.24) is 10.7 Å². The number of benzene rings is 1. The molecule has 0 spiro atoms. The summed E-state index contributed by atoms with van der Waals surface area (Å²) < 4.78 is 5.32. The number of para-hydroxylation sites is 1. The van der Waals surface area contributed by atoms with Gasteiger partial charge in [-0.25, -0.2) is 5.84 Å². The van der Waals surface area contributed by atoms with Crippen molar-refractivity contribution in [2.75, 3.05) is 13.2 Å². The van der Waals surface area contributed by atoms with E-state index in [2.05, 4.69) is 17.2 Å². The average molecular weight is 275 g/mol. The van der Waals surface area contributed by atoms with Crippen LogP contribution in [-0.4, -0.2) is 25.0 Å². The molecule has 0 aliphatic rings. The van der Waals surface area contributed by atoms with Crippen molar-refractivity contribution in [2.45, 2.75) is 13.3 Å². The van der Waals surface area contributed by atoms with Crippen molar-refractivity contribution in [3.8, 4) is 17.6 Å². The Hall–Kier alpha value is -2.52. The Labute approximate surface area is 117 Å². The van der Waals surface area contributed by atoms with E-state index in [4.69, 9.17) is 10.6 Å². The number of hydrazine groups is 1. The fraction of sp³-hybridized carbons (Fsp3) is 0.286. The van der Waals surface area contributed by atoms with E-state index in [1.54, 1.807) is 18.2 Å². The standard InChI is InChI=1S/C14H17N3O3/c1-11(18)16-9-5-4-7-12-6-2-3-8-13(12)20-10-14(19)17-15/h2-3,6,8H,5,9-10,15H2,1H3,(H,16,18)(H,17,19). The number of nitrogens with two attached hydrogens (primary N) is 1. The quantitative estimate of drug-likeness (QED) is 0.231. The lowest BCUT2D eigenvalue weighted by Crippen LogP contribution is -2.34. The van der Waals surface area contributed by atoms with Gasteiger partial charge in [0.25, 0.3) is 5.91 Å². The molecule has 106 valence electrons. The summed E-state index contributed by atoms with van der Waals surface area (Å²) in [6.45, 7) is 1.79. The summed E-state index contributed by atoms with van der Waals surface area (Å²) in [4.78, 5) is 21.7. The first-order chi connectivity index (χ1) is 9.63. The maximum atomic E-state index is 11.0. The molecular weight excluding hydrogens is 258 g/mol. The molecule has 0 saturated carbocycles. The molecule has 0 aliphatic carbocycles. The first-order valence-corrected chi connectivity index (χ1v) is 6.08. The number of carbonyl (C=O) groups excluding carboxylic acids is 2. The maximum absolute atomic E-state index is 11.0. The van der Waals surface area contributed by atoms with Gasteiger partial charge in [0.05, 0.1) is 5.56 Å². The van der Waals surface area contributed by atoms with Gasteiger partial charge in [-0.05, 0) is 12.1 Å². The van der Waals surface area contributed by atoms with Gasteiger partial charge >= 0.3 is 0 Å². The predicted molar refractivity (Wildman–Crippen MR) is 74.4 cm³/mol. The van der Waals surface area contributed by atoms with Gasteiger partial charge in [0.1, 0.15) is 5.75 Å². The summed E-state index contributed by atoms with van der Waals surface area (Å²) in [6.07, 6.45) is 0.539. The minimum atomic E-state index is -0.418. The Balaban J connectivity index is 2.59. The summed E-state index contributed by atoms with van der Waals surface area (Å²) >= 11 is 0. The van der Waals surface area contributed by atoms with E-state index >= 15 is 0 Å². The van der Waals surface area contributed by atoms with E-state index in [9.17, 15) is 9.59 Å². The highest BCUT2D eigenvalue weighted by atomic mass is 16.5. The number of hydrogen-bond donors (Lipinski definition) is 3. The van der Waals surface area contributed by atoms with Crippen molar-refractivity contribution in [3.05, 3.63) is 29.8 Å². The van der Waals surface area contributed by atoms with Gasteiger partial charge in [-0.3, -0.25) is 15.0 Å². The Kier molecular flexibility index (Phi) is 6.65. The number of nitrogens with one attached hydrogen (secondary N) is 2. The first-order valence-electron chi connectivity index (χ1n) is 6.08. The topological polar surface area (TPSA) is 93.4 Å². The second-order valence-electron chi connectivity index (χ2n) is 3.89. The molecule has 1 rings (SSSR count). The molecule has 6 nitrogen and oxygen atoms in total. The lowest BCUT2D eigenvalue weighted by molar-refractivity contribution is -0.123. The fourth-order valence-electron chi connectivity index (χ4n) is 1.34. The van der Waals surface area contributed by atoms with Crippen molar-refractivity contribution in [2.24, 2.45) is 5.84 Å². The van der Waals surface area contributed by atoms with Gasteiger partial charge in [0.2, 0.25) is 5.91 Å². The summed E-state index contributed by atoms with van der Waals surface area (Å²) in [5, 5.41) is 2.65. The minimum absolute atomic E-state index is 0.0802. The van der Waals surface area contributed by atoms with Crippen LogP contribution in [0.1, 0.15) is 18.9 Å². The summed E-state index contributed by atoms with van der Waals surface area (Å²) in [7, 11) is 0. The number of rotatable bonds is 5. The highest BCUT2D eigenvalue weighted by Crippen LogP contribution is 2.16.